The number of hydrogen-bond donors (Lipinski definition) is 1. The maximum Gasteiger partial charge on any atom is 0.416 e. The lowest BCUT2D eigenvalue weighted by Crippen LogP contribution is -2.52. The van der Waals surface area contributed by atoms with Crippen molar-refractivity contribution in [3.05, 3.63) is 65.2 Å². The van der Waals surface area contributed by atoms with Gasteiger partial charge >= 0.3 is 12.1 Å². The number of amides is 2. The molecule has 1 saturated carbocycles. The van der Waals surface area contributed by atoms with E-state index in [9.17, 15) is 27.6 Å². The molecule has 35 heavy (non-hydrogen) atoms. The number of carbonyl (C=O) groups is 3. The second kappa shape index (κ2) is 9.71. The molecule has 2 aliphatic rings. The SMILES string of the molecule is CCN(C(=O)CCC(=O)O)C1c2ccccc2N(C(=O)c2ccc(C(F)(F)F)cc2)C2CCCC12. The zero-order valence-corrected chi connectivity index (χ0v) is 19.3. The van der Waals surface area contributed by atoms with Gasteiger partial charge in [0, 0.05) is 36.2 Å². The van der Waals surface area contributed by atoms with E-state index in [0.717, 1.165) is 30.5 Å². The molecule has 6 nitrogen and oxygen atoms in total. The summed E-state index contributed by atoms with van der Waals surface area (Å²) in [5, 5.41) is 9.02. The number of aliphatic carboxylic acids is 1. The number of nitrogens with zero attached hydrogens (tertiary/aromatic N) is 2. The lowest BCUT2D eigenvalue weighted by atomic mass is 9.81. The number of alkyl halides is 3. The highest BCUT2D eigenvalue weighted by Crippen LogP contribution is 2.50. The van der Waals surface area contributed by atoms with E-state index in [4.69, 9.17) is 5.11 Å². The number of hydrogen-bond acceptors (Lipinski definition) is 3. The molecule has 1 aliphatic heterocycles. The lowest BCUT2D eigenvalue weighted by molar-refractivity contribution is -0.142. The third-order valence-corrected chi connectivity index (χ3v) is 7.01. The largest absolute Gasteiger partial charge is 0.481 e. The predicted octanol–water partition coefficient (Wildman–Crippen LogP) is 5.29. The highest BCUT2D eigenvalue weighted by atomic mass is 19.4. The van der Waals surface area contributed by atoms with Gasteiger partial charge in [0.05, 0.1) is 18.0 Å². The number of benzene rings is 2. The molecule has 2 aromatic rings. The summed E-state index contributed by atoms with van der Waals surface area (Å²) < 4.78 is 39.0. The molecule has 3 unspecified atom stereocenters. The maximum absolute atomic E-state index is 13.6. The molecule has 0 saturated heterocycles. The van der Waals surface area contributed by atoms with Crippen LogP contribution in [-0.4, -0.2) is 40.4 Å². The summed E-state index contributed by atoms with van der Waals surface area (Å²) in [6, 6.07) is 11.0. The van der Waals surface area contributed by atoms with Crippen molar-refractivity contribution in [3.63, 3.8) is 0 Å². The first-order valence-electron chi connectivity index (χ1n) is 11.7. The van der Waals surface area contributed by atoms with Crippen molar-refractivity contribution in [3.8, 4) is 0 Å². The van der Waals surface area contributed by atoms with Crippen LogP contribution in [0.5, 0.6) is 0 Å². The van der Waals surface area contributed by atoms with E-state index in [-0.39, 0.29) is 48.2 Å². The van der Waals surface area contributed by atoms with Crippen molar-refractivity contribution >= 4 is 23.5 Å². The molecular formula is C26H27F3N2O4. The van der Waals surface area contributed by atoms with Crippen LogP contribution in [0.2, 0.25) is 0 Å². The number of carboxylic acids is 1. The van der Waals surface area contributed by atoms with Gasteiger partial charge in [-0.15, -0.1) is 0 Å². The first-order chi connectivity index (χ1) is 16.6. The molecule has 9 heteroatoms. The molecule has 4 rings (SSSR count). The molecule has 0 bridgehead atoms. The highest BCUT2D eigenvalue weighted by Gasteiger charge is 2.48. The van der Waals surface area contributed by atoms with Crippen molar-refractivity contribution in [2.45, 2.75) is 57.3 Å². The summed E-state index contributed by atoms with van der Waals surface area (Å²) in [7, 11) is 0. The average molecular weight is 489 g/mol. The molecule has 0 aromatic heterocycles. The quantitative estimate of drug-likeness (QED) is 0.600. The van der Waals surface area contributed by atoms with Gasteiger partial charge < -0.3 is 14.9 Å². The van der Waals surface area contributed by atoms with E-state index in [0.29, 0.717) is 18.7 Å². The second-order valence-electron chi connectivity index (χ2n) is 8.99. The minimum absolute atomic E-state index is 0.0583. The van der Waals surface area contributed by atoms with Gasteiger partial charge in [-0.25, -0.2) is 0 Å². The fraction of sp³-hybridized carbons (Fsp3) is 0.423. The van der Waals surface area contributed by atoms with Crippen LogP contribution in [-0.2, 0) is 15.8 Å². The van der Waals surface area contributed by atoms with Crippen LogP contribution in [0, 0.1) is 5.92 Å². The normalized spacial score (nSPS) is 21.3. The summed E-state index contributed by atoms with van der Waals surface area (Å²) >= 11 is 0. The van der Waals surface area contributed by atoms with E-state index in [1.807, 2.05) is 19.1 Å². The zero-order valence-electron chi connectivity index (χ0n) is 19.3. The fourth-order valence-corrected chi connectivity index (χ4v) is 5.51. The van der Waals surface area contributed by atoms with Gasteiger partial charge in [-0.2, -0.15) is 13.2 Å². The first kappa shape index (κ1) is 24.8. The van der Waals surface area contributed by atoms with Gasteiger partial charge in [0.15, 0.2) is 0 Å². The van der Waals surface area contributed by atoms with Crippen molar-refractivity contribution in [1.29, 1.82) is 0 Å². The molecule has 0 radical (unpaired) electrons. The van der Waals surface area contributed by atoms with Crippen LogP contribution in [0.3, 0.4) is 0 Å². The van der Waals surface area contributed by atoms with Crippen molar-refractivity contribution in [2.24, 2.45) is 5.92 Å². The Kier molecular flexibility index (Phi) is 6.87. The van der Waals surface area contributed by atoms with Gasteiger partial charge in [-0.3, -0.25) is 14.4 Å². The van der Waals surface area contributed by atoms with Crippen LogP contribution in [0.15, 0.2) is 48.5 Å². The Bertz CT molecular complexity index is 1120. The van der Waals surface area contributed by atoms with Crippen LogP contribution in [0.25, 0.3) is 0 Å². The van der Waals surface area contributed by atoms with Crippen LogP contribution in [0.1, 0.15) is 66.6 Å². The van der Waals surface area contributed by atoms with Gasteiger partial charge in [0.2, 0.25) is 5.91 Å². The molecule has 0 spiro atoms. The Balaban J connectivity index is 1.72. The summed E-state index contributed by atoms with van der Waals surface area (Å²) in [4.78, 5) is 41.1. The van der Waals surface area contributed by atoms with Gasteiger partial charge in [0.1, 0.15) is 0 Å². The molecular weight excluding hydrogens is 461 g/mol. The molecule has 1 N–H and O–H groups in total. The summed E-state index contributed by atoms with van der Waals surface area (Å²) in [5.41, 5.74) is 0.781. The highest BCUT2D eigenvalue weighted by molar-refractivity contribution is 6.07. The van der Waals surface area contributed by atoms with E-state index in [1.54, 1.807) is 21.9 Å². The molecule has 2 amide bonds. The van der Waals surface area contributed by atoms with Crippen molar-refractivity contribution in [1.82, 2.24) is 4.90 Å². The molecule has 2 aromatic carbocycles. The summed E-state index contributed by atoms with van der Waals surface area (Å²) in [6.07, 6.45) is -2.51. The zero-order chi connectivity index (χ0) is 25.3. The lowest BCUT2D eigenvalue weighted by Gasteiger charge is -2.47. The topological polar surface area (TPSA) is 77.9 Å². The summed E-state index contributed by atoms with van der Waals surface area (Å²) in [6.45, 7) is 2.25. The Morgan fingerprint density at radius 3 is 2.34 bits per heavy atom. The number of halogens is 3. The molecule has 1 aliphatic carbocycles. The van der Waals surface area contributed by atoms with Crippen molar-refractivity contribution < 1.29 is 32.7 Å². The van der Waals surface area contributed by atoms with Crippen LogP contribution < -0.4 is 4.90 Å². The molecule has 1 heterocycles. The molecule has 186 valence electrons. The van der Waals surface area contributed by atoms with E-state index >= 15 is 0 Å². The maximum atomic E-state index is 13.6. The van der Waals surface area contributed by atoms with Gasteiger partial charge in [-0.05, 0) is 55.7 Å². The standard InChI is InChI=1S/C26H27F3N2O4/c1-2-30(22(32)14-15-23(33)34)24-18-6-3-4-8-20(18)31(21-9-5-7-19(21)24)25(35)16-10-12-17(13-11-16)26(27,28)29/h3-4,6,8,10-13,19,21,24H,2,5,7,9,14-15H2,1H3,(H,33,34). The van der Waals surface area contributed by atoms with Crippen molar-refractivity contribution in [2.75, 3.05) is 11.4 Å². The Hall–Kier alpha value is -3.36. The number of carbonyl (C=O) groups excluding carboxylic acids is 2. The fourth-order valence-electron chi connectivity index (χ4n) is 5.51. The third kappa shape index (κ3) is 4.76. The minimum atomic E-state index is -4.49. The van der Waals surface area contributed by atoms with E-state index in [2.05, 4.69) is 0 Å². The van der Waals surface area contributed by atoms with E-state index in [1.165, 1.54) is 12.1 Å². The Morgan fingerprint density at radius 2 is 1.71 bits per heavy atom. The monoisotopic (exact) mass is 488 g/mol. The summed E-state index contributed by atoms with van der Waals surface area (Å²) in [5.74, 6) is -1.72. The van der Waals surface area contributed by atoms with Gasteiger partial charge in [-0.1, -0.05) is 24.6 Å². The average Bonchev–Trinajstić information content (AvgIpc) is 3.31. The number of rotatable bonds is 6. The Labute approximate surface area is 201 Å². The second-order valence-corrected chi connectivity index (χ2v) is 8.99. The number of fused-ring (bicyclic) bond motifs is 2. The third-order valence-electron chi connectivity index (χ3n) is 7.01. The number of carboxylic acid groups (broad SMARTS) is 1. The molecule has 3 atom stereocenters. The van der Waals surface area contributed by atoms with Gasteiger partial charge in [0.25, 0.3) is 5.91 Å². The molecule has 1 fully saturated rings. The first-order valence-corrected chi connectivity index (χ1v) is 11.7. The van der Waals surface area contributed by atoms with E-state index < -0.39 is 17.7 Å². The van der Waals surface area contributed by atoms with Crippen LogP contribution in [0.4, 0.5) is 18.9 Å². The smallest absolute Gasteiger partial charge is 0.416 e. The number of para-hydroxylation sites is 1. The Morgan fingerprint density at radius 1 is 1.03 bits per heavy atom. The predicted molar refractivity (Wildman–Crippen MR) is 123 cm³/mol. The number of anilines is 1. The minimum Gasteiger partial charge on any atom is -0.481 e. The van der Waals surface area contributed by atoms with Crippen LogP contribution >= 0.6 is 0 Å².